The molecule has 0 fully saturated rings. The highest BCUT2D eigenvalue weighted by molar-refractivity contribution is 6.13. The maximum absolute atomic E-state index is 11.6. The average molecular weight is 460 g/mol. The van der Waals surface area contributed by atoms with E-state index >= 15 is 0 Å². The number of hydrogen-bond donors (Lipinski definition) is 0. The topological polar surface area (TPSA) is 56.5 Å². The molecule has 4 nitrogen and oxygen atoms in total. The van der Waals surface area contributed by atoms with Crippen LogP contribution in [0.15, 0.2) is 71.7 Å². The van der Waals surface area contributed by atoms with E-state index in [0.717, 1.165) is 47.5 Å². The van der Waals surface area contributed by atoms with Crippen LogP contribution in [0, 0.1) is 23.7 Å². The van der Waals surface area contributed by atoms with E-state index in [-0.39, 0.29) is 5.78 Å². The van der Waals surface area contributed by atoms with Crippen LogP contribution >= 0.6 is 0 Å². The Balaban J connectivity index is 0. The number of Topliss-reactive ketones (excluding diaryl/α,β-unsaturated/α-hetero) is 1. The molecular weight excluding hydrogens is 418 g/mol. The Bertz CT molecular complexity index is 1010. The van der Waals surface area contributed by atoms with Crippen LogP contribution in [-0.4, -0.2) is 23.4 Å². The Hall–Kier alpha value is -3.63. The number of benzene rings is 1. The number of nitriles is 1. The van der Waals surface area contributed by atoms with Crippen molar-refractivity contribution in [2.24, 2.45) is 4.99 Å². The van der Waals surface area contributed by atoms with Crippen molar-refractivity contribution >= 4 is 11.5 Å². The van der Waals surface area contributed by atoms with Crippen molar-refractivity contribution in [3.63, 3.8) is 0 Å². The maximum atomic E-state index is 11.6. The zero-order valence-corrected chi connectivity index (χ0v) is 22.4. The van der Waals surface area contributed by atoms with Gasteiger partial charge in [-0.3, -0.25) is 4.79 Å². The summed E-state index contributed by atoms with van der Waals surface area (Å²) in [5.74, 6) is 3.13. The Kier molecular flexibility index (Phi) is 17.1. The van der Waals surface area contributed by atoms with E-state index in [1.807, 2.05) is 50.9 Å². The highest BCUT2D eigenvalue weighted by atomic mass is 16.1. The Morgan fingerprint density at radius 3 is 2.03 bits per heavy atom. The molecule has 1 aromatic rings. The standard InChI is InChI=1S/C14H20N2O.C11H13N.C3H4.C2H4/c1-7-10(4)12-8-13(11(5)17)16(6)14(15-12)9(2)3;1-3-10-6-5-9(8-12)7-11(10)4-2;1-3-2;1-2/h8H,4,7H2,1-3,5-6H3;5-7H,3-4H2,1-2H3;1H,2H3;1-2H2. The van der Waals surface area contributed by atoms with E-state index in [4.69, 9.17) is 5.26 Å². The van der Waals surface area contributed by atoms with Gasteiger partial charge in [0.05, 0.1) is 23.0 Å². The number of carbonyl (C=O) groups excluding carboxylic acids is 1. The Morgan fingerprint density at radius 2 is 1.65 bits per heavy atom. The van der Waals surface area contributed by atoms with Crippen LogP contribution in [0.5, 0.6) is 0 Å². The summed E-state index contributed by atoms with van der Waals surface area (Å²) in [5.41, 5.74) is 6.95. The van der Waals surface area contributed by atoms with E-state index in [2.05, 4.69) is 63.1 Å². The molecule has 34 heavy (non-hydrogen) atoms. The van der Waals surface area contributed by atoms with Gasteiger partial charge in [0.25, 0.3) is 0 Å². The van der Waals surface area contributed by atoms with Gasteiger partial charge < -0.3 is 4.90 Å². The van der Waals surface area contributed by atoms with Gasteiger partial charge >= 0.3 is 0 Å². The monoisotopic (exact) mass is 459 g/mol. The molecule has 2 rings (SSSR count). The fourth-order valence-corrected chi connectivity index (χ4v) is 3.08. The third-order valence-electron chi connectivity index (χ3n) is 4.87. The summed E-state index contributed by atoms with van der Waals surface area (Å²) < 4.78 is 0. The van der Waals surface area contributed by atoms with Crippen molar-refractivity contribution in [1.29, 1.82) is 5.26 Å². The summed E-state index contributed by atoms with van der Waals surface area (Å²) in [6.45, 7) is 23.5. The lowest BCUT2D eigenvalue weighted by Gasteiger charge is -2.27. The lowest BCUT2D eigenvalue weighted by molar-refractivity contribution is -0.114. The lowest BCUT2D eigenvalue weighted by Crippen LogP contribution is -2.27. The number of rotatable bonds is 5. The van der Waals surface area contributed by atoms with Crippen LogP contribution in [0.25, 0.3) is 0 Å². The second-order valence-corrected chi connectivity index (χ2v) is 7.51. The minimum atomic E-state index is 0.0440. The molecule has 0 spiro atoms. The molecule has 1 aliphatic rings. The number of aliphatic imine (C=N–C) groups is 1. The first kappa shape index (κ1) is 32.5. The van der Waals surface area contributed by atoms with Gasteiger partial charge in [0.2, 0.25) is 0 Å². The predicted molar refractivity (Wildman–Crippen MR) is 147 cm³/mol. The zero-order chi connectivity index (χ0) is 26.8. The first-order chi connectivity index (χ1) is 16.1. The van der Waals surface area contributed by atoms with Crippen LogP contribution in [-0.2, 0) is 17.6 Å². The van der Waals surface area contributed by atoms with E-state index in [9.17, 15) is 4.79 Å². The van der Waals surface area contributed by atoms with Gasteiger partial charge in [-0.2, -0.15) is 5.26 Å². The van der Waals surface area contributed by atoms with Crippen LogP contribution in [0.1, 0.15) is 71.6 Å². The van der Waals surface area contributed by atoms with Crippen molar-refractivity contribution in [3.05, 3.63) is 83.4 Å². The number of nitrogens with zero attached hydrogens (tertiary/aromatic N) is 3. The van der Waals surface area contributed by atoms with E-state index in [1.165, 1.54) is 11.1 Å². The fourth-order valence-electron chi connectivity index (χ4n) is 3.08. The first-order valence-electron chi connectivity index (χ1n) is 11.4. The molecule has 1 heterocycles. The molecule has 0 bridgehead atoms. The molecule has 0 saturated heterocycles. The summed E-state index contributed by atoms with van der Waals surface area (Å²) in [5, 5.41) is 8.67. The number of terminal acetylenes is 1. The largest absolute Gasteiger partial charge is 0.326 e. The van der Waals surface area contributed by atoms with E-state index in [0.29, 0.717) is 5.70 Å². The summed E-state index contributed by atoms with van der Waals surface area (Å²) >= 11 is 0. The number of allylic oxidation sites excluding steroid dienone is 4. The molecule has 1 aromatic carbocycles. The highest BCUT2D eigenvalue weighted by Crippen LogP contribution is 2.23. The van der Waals surface area contributed by atoms with Crippen molar-refractivity contribution in [2.75, 3.05) is 7.05 Å². The van der Waals surface area contributed by atoms with Gasteiger partial charge in [-0.05, 0) is 80.5 Å². The molecule has 4 heteroatoms. The molecule has 0 atom stereocenters. The van der Waals surface area contributed by atoms with Crippen molar-refractivity contribution in [2.45, 2.75) is 67.7 Å². The normalized spacial score (nSPS) is 11.4. The van der Waals surface area contributed by atoms with Gasteiger partial charge in [-0.1, -0.05) is 33.4 Å². The predicted octanol–water partition coefficient (Wildman–Crippen LogP) is 7.19. The second kappa shape index (κ2) is 17.9. The number of aryl methyl sites for hydroxylation is 2. The smallest absolute Gasteiger partial charge is 0.176 e. The van der Waals surface area contributed by atoms with E-state index < -0.39 is 0 Å². The van der Waals surface area contributed by atoms with Crippen molar-refractivity contribution in [1.82, 2.24) is 4.90 Å². The zero-order valence-electron chi connectivity index (χ0n) is 22.4. The third-order valence-corrected chi connectivity index (χ3v) is 4.87. The van der Waals surface area contributed by atoms with Gasteiger partial charge in [-0.15, -0.1) is 25.5 Å². The minimum Gasteiger partial charge on any atom is -0.326 e. The Morgan fingerprint density at radius 1 is 1.12 bits per heavy atom. The van der Waals surface area contributed by atoms with E-state index in [1.54, 1.807) is 13.8 Å². The SMILES string of the molecule is C#CC.C=C.C=C(CC)C1=NC(=C(C)C)N(C)C(C(C)=O)=C1.CCc1ccc(C#N)cc1CC. The first-order valence-corrected chi connectivity index (χ1v) is 11.4. The van der Waals surface area contributed by atoms with Gasteiger partial charge in [0, 0.05) is 14.0 Å². The molecule has 0 aliphatic carbocycles. The number of hydrogen-bond acceptors (Lipinski definition) is 4. The van der Waals surface area contributed by atoms with Crippen LogP contribution in [0.4, 0.5) is 0 Å². The molecule has 0 amide bonds. The minimum absolute atomic E-state index is 0.0440. The Labute approximate surface area is 208 Å². The van der Waals surface area contributed by atoms with Crippen LogP contribution < -0.4 is 0 Å². The van der Waals surface area contributed by atoms with Gasteiger partial charge in [0.1, 0.15) is 5.82 Å². The lowest BCUT2D eigenvalue weighted by atomic mass is 10.0. The molecule has 0 N–H and O–H groups in total. The molecule has 182 valence electrons. The third kappa shape index (κ3) is 10.3. The second-order valence-electron chi connectivity index (χ2n) is 7.51. The van der Waals surface area contributed by atoms with Gasteiger partial charge in [0.15, 0.2) is 5.78 Å². The maximum Gasteiger partial charge on any atom is 0.176 e. The highest BCUT2D eigenvalue weighted by Gasteiger charge is 2.21. The van der Waals surface area contributed by atoms with Crippen molar-refractivity contribution < 1.29 is 4.79 Å². The molecule has 0 saturated carbocycles. The van der Waals surface area contributed by atoms with Crippen LogP contribution in [0.2, 0.25) is 0 Å². The molecule has 0 aromatic heterocycles. The molecule has 0 radical (unpaired) electrons. The summed E-state index contributed by atoms with van der Waals surface area (Å²) in [7, 11) is 1.87. The number of ketones is 1. The number of likely N-dealkylation sites (N-methyl/N-ethyl adjacent to an activating group) is 1. The van der Waals surface area contributed by atoms with Crippen molar-refractivity contribution in [3.8, 4) is 18.4 Å². The quantitative estimate of drug-likeness (QED) is 0.346. The fraction of sp³-hybridized carbons (Fsp3) is 0.367. The summed E-state index contributed by atoms with van der Waals surface area (Å²) in [6.07, 6.45) is 9.31. The van der Waals surface area contributed by atoms with Crippen LogP contribution in [0.3, 0.4) is 0 Å². The summed E-state index contributed by atoms with van der Waals surface area (Å²) in [6, 6.07) is 8.08. The average Bonchev–Trinajstić information content (AvgIpc) is 2.84. The number of carbonyl (C=O) groups is 1. The molecular formula is C30H41N3O. The van der Waals surface area contributed by atoms with Gasteiger partial charge in [-0.25, -0.2) is 4.99 Å². The summed E-state index contributed by atoms with van der Waals surface area (Å²) in [4.78, 5) is 18.0. The molecule has 0 unspecified atom stereocenters. The molecule has 1 aliphatic heterocycles.